The second kappa shape index (κ2) is 5.38. The van der Waals surface area contributed by atoms with Crippen molar-refractivity contribution in [3.63, 3.8) is 0 Å². The number of anilines is 3. The fraction of sp³-hybridized carbons (Fsp3) is 0.500. The highest BCUT2D eigenvalue weighted by Gasteiger charge is 2.24. The van der Waals surface area contributed by atoms with Crippen LogP contribution in [0.5, 0.6) is 5.75 Å². The Kier molecular flexibility index (Phi) is 4.29. The van der Waals surface area contributed by atoms with Gasteiger partial charge in [-0.15, -0.1) is 0 Å². The van der Waals surface area contributed by atoms with Crippen molar-refractivity contribution in [3.05, 3.63) is 11.6 Å². The van der Waals surface area contributed by atoms with Crippen LogP contribution in [0.1, 0.15) is 17.3 Å². The summed E-state index contributed by atoms with van der Waals surface area (Å²) in [6, 6.07) is 1.64. The predicted octanol–water partition coefficient (Wildman–Crippen LogP) is 1.79. The number of hydrogen-bond acceptors (Lipinski definition) is 5. The van der Waals surface area contributed by atoms with Gasteiger partial charge < -0.3 is 19.8 Å². The van der Waals surface area contributed by atoms with Gasteiger partial charge in [-0.1, -0.05) is 0 Å². The summed E-state index contributed by atoms with van der Waals surface area (Å²) in [5.74, 6) is -0.125. The van der Waals surface area contributed by atoms with Gasteiger partial charge in [0, 0.05) is 48.4 Å². The number of nitrogens with zero attached hydrogens (tertiary/aromatic N) is 3. The normalized spacial score (nSPS) is 10.3. The van der Waals surface area contributed by atoms with Crippen molar-refractivity contribution in [2.75, 3.05) is 57.0 Å². The maximum Gasteiger partial charge on any atom is 0.165 e. The molecule has 0 amide bonds. The molecule has 0 aliphatic rings. The molecule has 0 atom stereocenters. The second-order valence-corrected chi connectivity index (χ2v) is 5.23. The van der Waals surface area contributed by atoms with Crippen LogP contribution in [0.2, 0.25) is 0 Å². The lowest BCUT2D eigenvalue weighted by Crippen LogP contribution is -2.23. The van der Waals surface area contributed by atoms with Crippen molar-refractivity contribution < 1.29 is 9.90 Å². The minimum Gasteiger partial charge on any atom is -0.507 e. The van der Waals surface area contributed by atoms with Gasteiger partial charge in [-0.2, -0.15) is 0 Å². The molecular weight excluding hydrogens is 242 g/mol. The molecule has 1 N–H and O–H groups in total. The zero-order chi connectivity index (χ0) is 14.9. The molecule has 0 unspecified atom stereocenters. The summed E-state index contributed by atoms with van der Waals surface area (Å²) in [4.78, 5) is 17.6. The average molecular weight is 265 g/mol. The Hall–Kier alpha value is -1.91. The molecule has 1 aromatic rings. The van der Waals surface area contributed by atoms with E-state index in [1.807, 2.05) is 57.0 Å². The molecule has 0 aliphatic heterocycles. The van der Waals surface area contributed by atoms with Gasteiger partial charge in [0.25, 0.3) is 0 Å². The molecule has 1 rings (SSSR count). The molecule has 1 aromatic carbocycles. The van der Waals surface area contributed by atoms with Crippen molar-refractivity contribution in [1.29, 1.82) is 0 Å². The molecule has 5 heteroatoms. The molecular formula is C14H23N3O2. The van der Waals surface area contributed by atoms with E-state index in [0.717, 1.165) is 17.1 Å². The lowest BCUT2D eigenvalue weighted by atomic mass is 10.0. The van der Waals surface area contributed by atoms with Crippen molar-refractivity contribution in [1.82, 2.24) is 0 Å². The van der Waals surface area contributed by atoms with Gasteiger partial charge in [0.1, 0.15) is 5.75 Å². The molecule has 0 fully saturated rings. The topological polar surface area (TPSA) is 47.0 Å². The largest absolute Gasteiger partial charge is 0.507 e. The Morgan fingerprint density at radius 1 is 0.947 bits per heavy atom. The predicted molar refractivity (Wildman–Crippen MR) is 81.1 cm³/mol. The number of hydrogen-bond donors (Lipinski definition) is 1. The summed E-state index contributed by atoms with van der Waals surface area (Å²) >= 11 is 0. The van der Waals surface area contributed by atoms with E-state index in [-0.39, 0.29) is 11.5 Å². The quantitative estimate of drug-likeness (QED) is 0.841. The standard InChI is InChI=1S/C14H23N3O2/c1-9(18)12-11(19)8-10(15(2)3)13(16(4)5)14(12)17(6)7/h8,19H,1-7H3. The Morgan fingerprint density at radius 3 is 1.74 bits per heavy atom. The Bertz CT molecular complexity index is 494. The molecule has 0 aliphatic carbocycles. The van der Waals surface area contributed by atoms with Gasteiger partial charge >= 0.3 is 0 Å². The summed E-state index contributed by atoms with van der Waals surface area (Å²) in [7, 11) is 11.4. The third-order valence-electron chi connectivity index (χ3n) is 2.96. The van der Waals surface area contributed by atoms with Crippen LogP contribution in [0.25, 0.3) is 0 Å². The summed E-state index contributed by atoms with van der Waals surface area (Å²) in [5.41, 5.74) is 2.88. The fourth-order valence-electron chi connectivity index (χ4n) is 2.20. The van der Waals surface area contributed by atoms with Crippen LogP contribution in [0.15, 0.2) is 6.07 Å². The zero-order valence-electron chi connectivity index (χ0n) is 12.8. The lowest BCUT2D eigenvalue weighted by Gasteiger charge is -2.30. The molecule has 0 radical (unpaired) electrons. The molecule has 0 spiro atoms. The Morgan fingerprint density at radius 2 is 1.42 bits per heavy atom. The summed E-state index contributed by atoms with van der Waals surface area (Å²) in [5, 5.41) is 10.2. The van der Waals surface area contributed by atoms with Crippen molar-refractivity contribution in [2.24, 2.45) is 0 Å². The number of ketones is 1. The SMILES string of the molecule is CC(=O)c1c(O)cc(N(C)C)c(N(C)C)c1N(C)C. The molecule has 0 bridgehead atoms. The van der Waals surface area contributed by atoms with Crippen molar-refractivity contribution >= 4 is 22.8 Å². The molecule has 5 nitrogen and oxygen atoms in total. The lowest BCUT2D eigenvalue weighted by molar-refractivity contribution is 0.101. The van der Waals surface area contributed by atoms with E-state index in [4.69, 9.17) is 0 Å². The van der Waals surface area contributed by atoms with Gasteiger partial charge in [-0.3, -0.25) is 4.79 Å². The van der Waals surface area contributed by atoms with Crippen LogP contribution in [0.4, 0.5) is 17.1 Å². The minimum absolute atomic E-state index is 0.0190. The van der Waals surface area contributed by atoms with Crippen LogP contribution >= 0.6 is 0 Å². The third-order valence-corrected chi connectivity index (χ3v) is 2.96. The number of Topliss-reactive ketones (excluding diaryl/α,β-unsaturated/α-hetero) is 1. The van der Waals surface area contributed by atoms with Crippen LogP contribution in [0, 0.1) is 0 Å². The first-order valence-electron chi connectivity index (χ1n) is 6.11. The molecule has 0 heterocycles. The number of phenolic OH excluding ortho intramolecular Hbond substituents is 1. The fourth-order valence-corrected chi connectivity index (χ4v) is 2.20. The van der Waals surface area contributed by atoms with Crippen LogP contribution in [-0.4, -0.2) is 53.2 Å². The van der Waals surface area contributed by atoms with Crippen molar-refractivity contribution in [3.8, 4) is 5.75 Å². The van der Waals surface area contributed by atoms with Crippen LogP contribution in [-0.2, 0) is 0 Å². The first-order valence-corrected chi connectivity index (χ1v) is 6.11. The van der Waals surface area contributed by atoms with E-state index in [9.17, 15) is 9.90 Å². The molecule has 0 saturated carbocycles. The average Bonchev–Trinajstić information content (AvgIpc) is 2.25. The minimum atomic E-state index is -0.144. The monoisotopic (exact) mass is 265 g/mol. The molecule has 19 heavy (non-hydrogen) atoms. The highest BCUT2D eigenvalue weighted by atomic mass is 16.3. The van der Waals surface area contributed by atoms with Gasteiger partial charge in [0.05, 0.1) is 22.6 Å². The molecule has 106 valence electrons. The van der Waals surface area contributed by atoms with E-state index < -0.39 is 0 Å². The van der Waals surface area contributed by atoms with Gasteiger partial charge in [0.2, 0.25) is 0 Å². The Labute approximate surface area is 115 Å². The first-order chi connectivity index (χ1) is 8.68. The third kappa shape index (κ3) is 2.75. The summed E-state index contributed by atoms with van der Waals surface area (Å²) in [6.07, 6.45) is 0. The van der Waals surface area contributed by atoms with Gasteiger partial charge in [0.15, 0.2) is 5.78 Å². The maximum atomic E-state index is 11.8. The summed E-state index contributed by atoms with van der Waals surface area (Å²) < 4.78 is 0. The number of aromatic hydroxyl groups is 1. The number of benzene rings is 1. The van der Waals surface area contributed by atoms with E-state index in [1.54, 1.807) is 6.07 Å². The smallest absolute Gasteiger partial charge is 0.165 e. The highest BCUT2D eigenvalue weighted by molar-refractivity contribution is 6.07. The van der Waals surface area contributed by atoms with Gasteiger partial charge in [-0.05, 0) is 6.92 Å². The van der Waals surface area contributed by atoms with E-state index in [0.29, 0.717) is 5.56 Å². The number of carbonyl (C=O) groups is 1. The van der Waals surface area contributed by atoms with E-state index in [1.165, 1.54) is 6.92 Å². The second-order valence-electron chi connectivity index (χ2n) is 5.23. The highest BCUT2D eigenvalue weighted by Crippen LogP contribution is 2.44. The molecule has 0 aromatic heterocycles. The van der Waals surface area contributed by atoms with E-state index in [2.05, 4.69) is 0 Å². The summed E-state index contributed by atoms with van der Waals surface area (Å²) in [6.45, 7) is 1.47. The number of phenols is 1. The first kappa shape index (κ1) is 15.1. The maximum absolute atomic E-state index is 11.8. The number of carbonyl (C=O) groups excluding carboxylic acids is 1. The van der Waals surface area contributed by atoms with Crippen molar-refractivity contribution in [2.45, 2.75) is 6.92 Å². The Balaban J connectivity index is 3.81. The zero-order valence-corrected chi connectivity index (χ0v) is 12.8. The van der Waals surface area contributed by atoms with E-state index >= 15 is 0 Å². The van der Waals surface area contributed by atoms with Crippen LogP contribution < -0.4 is 14.7 Å². The van der Waals surface area contributed by atoms with Crippen LogP contribution in [0.3, 0.4) is 0 Å². The van der Waals surface area contributed by atoms with Gasteiger partial charge in [-0.25, -0.2) is 0 Å². The molecule has 0 saturated heterocycles. The number of rotatable bonds is 4.